The number of carbonyl (C=O) groups is 3. The maximum absolute atomic E-state index is 13.1. The topological polar surface area (TPSA) is 356 Å². The first-order chi connectivity index (χ1) is 37.1. The minimum Gasteiger partial charge on any atom is -0.462 e. The smallest absolute Gasteiger partial charge is 0.407 e. The predicted molar refractivity (Wildman–Crippen MR) is 299 cm³/mol. The third-order valence-electron chi connectivity index (χ3n) is 13.8. The summed E-state index contributed by atoms with van der Waals surface area (Å²) >= 11 is 0. The van der Waals surface area contributed by atoms with Crippen molar-refractivity contribution in [3.63, 3.8) is 0 Å². The summed E-state index contributed by atoms with van der Waals surface area (Å²) in [6, 6.07) is -2.60. The van der Waals surface area contributed by atoms with Crippen LogP contribution in [0.5, 0.6) is 0 Å². The van der Waals surface area contributed by atoms with Gasteiger partial charge in [0, 0.05) is 58.7 Å². The van der Waals surface area contributed by atoms with Crippen LogP contribution in [0.15, 0.2) is 72.9 Å². The van der Waals surface area contributed by atoms with Gasteiger partial charge in [-0.3, -0.25) is 4.79 Å². The van der Waals surface area contributed by atoms with Gasteiger partial charge in [0.25, 0.3) is 0 Å². The molecule has 454 valence electrons. The molecule has 2 fully saturated rings. The average Bonchev–Trinajstić information content (AvgIpc) is 3.36. The SMILES string of the molecule is C/C=C/C=C/C=C/[C@@H](C[C@@H]1O[C@](O)(C[C@@H](O)C[C@@H](O)[C@H](O)CC[C@@H](O)C[C@@H](O)CC(=O)O[C@@H](C)[C@H](C)[C@H](O)[C@@H](C)/C=C/C=C/C=C/C)C[C@H](O)[C@H]1NC(=O)NCCCO)O[C@@H]1O[C@H](C)[C@@H](O)[C@H](NC(=O)OCC[Si](C)(C)C)[C@@H]1O. The Morgan fingerprint density at radius 3 is 2.04 bits per heavy atom. The van der Waals surface area contributed by atoms with Gasteiger partial charge in [-0.2, -0.15) is 0 Å². The van der Waals surface area contributed by atoms with Gasteiger partial charge in [0.15, 0.2) is 12.1 Å². The van der Waals surface area contributed by atoms with Crippen LogP contribution in [0.2, 0.25) is 25.7 Å². The minimum atomic E-state index is -2.31. The number of esters is 1. The number of hydrogen-bond acceptors (Lipinski definition) is 19. The van der Waals surface area contributed by atoms with Crippen LogP contribution in [0.25, 0.3) is 0 Å². The van der Waals surface area contributed by atoms with Gasteiger partial charge in [0.1, 0.15) is 18.3 Å². The zero-order chi connectivity index (χ0) is 59.5. The Hall–Kier alpha value is -3.89. The van der Waals surface area contributed by atoms with Crippen molar-refractivity contribution in [1.29, 1.82) is 0 Å². The van der Waals surface area contributed by atoms with E-state index in [0.29, 0.717) is 6.04 Å². The summed E-state index contributed by atoms with van der Waals surface area (Å²) in [5.41, 5.74) is 0. The number of nitrogens with one attached hydrogen (secondary N) is 3. The minimum absolute atomic E-state index is 0.0779. The van der Waals surface area contributed by atoms with Crippen LogP contribution in [0.4, 0.5) is 9.59 Å². The molecule has 0 radical (unpaired) electrons. The second-order valence-electron chi connectivity index (χ2n) is 22.1. The van der Waals surface area contributed by atoms with Crippen molar-refractivity contribution in [1.82, 2.24) is 16.0 Å². The number of carbonyl (C=O) groups excluding carboxylic acids is 3. The first kappa shape index (κ1) is 71.2. The lowest BCUT2D eigenvalue weighted by Crippen LogP contribution is -2.65. The summed E-state index contributed by atoms with van der Waals surface area (Å²) in [7, 11) is -1.56. The Morgan fingerprint density at radius 1 is 0.785 bits per heavy atom. The molecule has 14 N–H and O–H groups in total. The molecule has 22 nitrogen and oxygen atoms in total. The first-order valence-electron chi connectivity index (χ1n) is 27.7. The van der Waals surface area contributed by atoms with Crippen molar-refractivity contribution in [3.8, 4) is 0 Å². The molecule has 2 aliphatic heterocycles. The maximum Gasteiger partial charge on any atom is 0.407 e. The number of alkyl carbamates (subject to hydrolysis) is 1. The molecule has 0 bridgehead atoms. The molecular formula is C56H97N3O19Si. The largest absolute Gasteiger partial charge is 0.462 e. The molecule has 0 aromatic rings. The van der Waals surface area contributed by atoms with E-state index in [4.69, 9.17) is 23.7 Å². The van der Waals surface area contributed by atoms with Crippen LogP contribution in [0, 0.1) is 11.8 Å². The van der Waals surface area contributed by atoms with Crippen LogP contribution in [-0.4, -0.2) is 206 Å². The van der Waals surface area contributed by atoms with Crippen LogP contribution >= 0.6 is 0 Å². The molecule has 0 saturated carbocycles. The molecule has 0 aromatic heterocycles. The number of urea groups is 1. The molecule has 23 heteroatoms. The fraction of sp³-hybridized carbons (Fsp3) is 0.732. The van der Waals surface area contributed by atoms with Crippen LogP contribution in [-0.2, 0) is 28.5 Å². The normalized spacial score (nSPS) is 28.2. The number of ether oxygens (including phenoxy) is 5. The third-order valence-corrected chi connectivity index (χ3v) is 15.5. The number of allylic oxidation sites excluding steroid dienone is 10. The van der Waals surface area contributed by atoms with Gasteiger partial charge in [-0.15, -0.1) is 0 Å². The Kier molecular flexibility index (Phi) is 32.9. The number of amides is 3. The van der Waals surface area contributed by atoms with Gasteiger partial charge < -0.3 is 95.8 Å². The zero-order valence-corrected chi connectivity index (χ0v) is 48.7. The van der Waals surface area contributed by atoms with E-state index in [-0.39, 0.29) is 57.8 Å². The fourth-order valence-electron chi connectivity index (χ4n) is 8.92. The van der Waals surface area contributed by atoms with E-state index >= 15 is 0 Å². The van der Waals surface area contributed by atoms with Crippen molar-refractivity contribution < 1.29 is 94.2 Å². The van der Waals surface area contributed by atoms with Gasteiger partial charge in [-0.1, -0.05) is 106 Å². The quantitative estimate of drug-likeness (QED) is 0.0191. The lowest BCUT2D eigenvalue weighted by molar-refractivity contribution is -0.303. The highest BCUT2D eigenvalue weighted by molar-refractivity contribution is 6.76. The second kappa shape index (κ2) is 36.5. The van der Waals surface area contributed by atoms with Crippen molar-refractivity contribution in [2.45, 2.75) is 229 Å². The van der Waals surface area contributed by atoms with E-state index in [0.717, 1.165) is 0 Å². The molecule has 79 heavy (non-hydrogen) atoms. The highest BCUT2D eigenvalue weighted by Crippen LogP contribution is 2.35. The molecule has 3 amide bonds. The molecular weight excluding hydrogens is 1050 g/mol. The molecule has 2 saturated heterocycles. The summed E-state index contributed by atoms with van der Waals surface area (Å²) in [6.45, 7) is 16.8. The van der Waals surface area contributed by atoms with Gasteiger partial charge in [0.2, 0.25) is 0 Å². The van der Waals surface area contributed by atoms with Crippen molar-refractivity contribution in [2.24, 2.45) is 11.8 Å². The van der Waals surface area contributed by atoms with E-state index < -0.39 is 161 Å². The Balaban J connectivity index is 2.18. The van der Waals surface area contributed by atoms with Crippen molar-refractivity contribution in [2.75, 3.05) is 19.8 Å². The Labute approximate surface area is 467 Å². The van der Waals surface area contributed by atoms with E-state index in [1.165, 1.54) is 6.92 Å². The molecule has 2 rings (SSSR count). The van der Waals surface area contributed by atoms with E-state index in [9.17, 15) is 70.6 Å². The van der Waals surface area contributed by atoms with E-state index in [1.54, 1.807) is 50.3 Å². The number of hydrogen-bond donors (Lipinski definition) is 14. The Bertz CT molecular complexity index is 1950. The molecule has 0 unspecified atom stereocenters. The van der Waals surface area contributed by atoms with Crippen LogP contribution in [0.1, 0.15) is 99.3 Å². The predicted octanol–water partition coefficient (Wildman–Crippen LogP) is 2.64. The van der Waals surface area contributed by atoms with Gasteiger partial charge >= 0.3 is 18.1 Å². The molecule has 0 aliphatic carbocycles. The van der Waals surface area contributed by atoms with E-state index in [1.807, 2.05) is 57.2 Å². The molecule has 2 heterocycles. The summed E-state index contributed by atoms with van der Waals surface area (Å²) in [4.78, 5) is 38.6. The molecule has 19 atom stereocenters. The van der Waals surface area contributed by atoms with E-state index in [2.05, 4.69) is 35.6 Å². The van der Waals surface area contributed by atoms with Gasteiger partial charge in [-0.25, -0.2) is 9.59 Å². The fourth-order valence-corrected chi connectivity index (χ4v) is 9.64. The third kappa shape index (κ3) is 27.6. The summed E-state index contributed by atoms with van der Waals surface area (Å²) in [6.07, 6.45) is -0.508. The zero-order valence-electron chi connectivity index (χ0n) is 47.7. The molecule has 0 spiro atoms. The van der Waals surface area contributed by atoms with Crippen LogP contribution < -0.4 is 16.0 Å². The van der Waals surface area contributed by atoms with Gasteiger partial charge in [0.05, 0.1) is 86.2 Å². The molecule has 0 aromatic carbocycles. The van der Waals surface area contributed by atoms with Crippen molar-refractivity contribution in [3.05, 3.63) is 72.9 Å². The van der Waals surface area contributed by atoms with Gasteiger partial charge in [-0.05, 0) is 59.4 Å². The number of aliphatic hydroxyl groups excluding tert-OH is 10. The monoisotopic (exact) mass is 1140 g/mol. The van der Waals surface area contributed by atoms with Crippen LogP contribution in [0.3, 0.4) is 0 Å². The lowest BCUT2D eigenvalue weighted by atomic mass is 9.87. The summed E-state index contributed by atoms with van der Waals surface area (Å²) in [5, 5.41) is 128. The second-order valence-corrected chi connectivity index (χ2v) is 27.8. The summed E-state index contributed by atoms with van der Waals surface area (Å²) < 4.78 is 29.3. The first-order valence-corrected chi connectivity index (χ1v) is 31.4. The number of aliphatic hydroxyl groups is 11. The standard InChI is InChI=1S/C56H97N3O19Si/c1-10-12-14-16-18-21-35(3)50(68)36(4)37(5)75-47(67)31-40(62)29-39(61)23-24-43(64)44(65)30-41(63)33-56(73)34-45(66)48(58-54(71)57-25-20-26-60)46(78-56)32-42(22-19-17-15-13-11-2)77-53-52(70)49(51(69)38(6)76-53)59-55(72)74-27-28-79(7,8)9/h10-19,21-22,35-46,48-53,60-66,68-70,73H,20,23-34H2,1-9H3,(H,59,72)(H2,57,58,71)/b12-10+,13-11+,16-14+,17-15+,21-18+,22-19+/t35-,36-,37-,38+,39+,40+,41-,42-,43+,44+,45-,46-,48+,49-,50+,51+,52-,53-,56+/m0/s1. The number of rotatable bonds is 34. The summed E-state index contributed by atoms with van der Waals surface area (Å²) in [5.74, 6) is -3.73. The van der Waals surface area contributed by atoms with Crippen molar-refractivity contribution >= 4 is 26.2 Å². The Morgan fingerprint density at radius 2 is 1.42 bits per heavy atom. The maximum atomic E-state index is 13.1. The molecule has 2 aliphatic rings. The average molecular weight is 1140 g/mol. The highest BCUT2D eigenvalue weighted by Gasteiger charge is 2.50. The lowest BCUT2D eigenvalue weighted by Gasteiger charge is -2.46. The highest BCUT2D eigenvalue weighted by atomic mass is 28.3.